The molecule has 1 amide bonds. The van der Waals surface area contributed by atoms with E-state index in [-0.39, 0.29) is 28.6 Å². The minimum atomic E-state index is -4.06. The average molecular weight is 550 g/mol. The van der Waals surface area contributed by atoms with E-state index in [1.54, 1.807) is 18.2 Å². The molecular formula is C24H24ClN3O6S2. The molecule has 1 fully saturated rings. The SMILES string of the molecule is O=C(CN(c1ccc(Cl)cc1)S(=O)(=O)c1ccccc1)Nc1ccc(S(=O)(=O)N2CCOCC2)cc1. The molecule has 3 aromatic rings. The van der Waals surface area contributed by atoms with Gasteiger partial charge in [-0.1, -0.05) is 29.8 Å². The highest BCUT2D eigenvalue weighted by molar-refractivity contribution is 7.92. The van der Waals surface area contributed by atoms with Gasteiger partial charge in [-0.25, -0.2) is 16.8 Å². The number of amides is 1. The van der Waals surface area contributed by atoms with Crippen LogP contribution >= 0.6 is 11.6 Å². The minimum Gasteiger partial charge on any atom is -0.379 e. The van der Waals surface area contributed by atoms with E-state index in [1.807, 2.05) is 0 Å². The fourth-order valence-corrected chi connectivity index (χ4v) is 6.60. The summed E-state index contributed by atoms with van der Waals surface area (Å²) in [6, 6.07) is 19.6. The molecule has 3 aromatic carbocycles. The molecule has 1 aliphatic rings. The maximum atomic E-state index is 13.3. The molecule has 1 heterocycles. The van der Waals surface area contributed by atoms with Crippen LogP contribution in [0.3, 0.4) is 0 Å². The summed E-state index contributed by atoms with van der Waals surface area (Å²) in [6.07, 6.45) is 0. The second-order valence-electron chi connectivity index (χ2n) is 7.89. The smallest absolute Gasteiger partial charge is 0.264 e. The van der Waals surface area contributed by atoms with E-state index >= 15 is 0 Å². The first-order chi connectivity index (χ1) is 17.2. The Morgan fingerprint density at radius 2 is 1.47 bits per heavy atom. The van der Waals surface area contributed by atoms with Crippen molar-refractivity contribution in [2.24, 2.45) is 0 Å². The van der Waals surface area contributed by atoms with Gasteiger partial charge in [0.2, 0.25) is 15.9 Å². The highest BCUT2D eigenvalue weighted by Crippen LogP contribution is 2.25. The number of sulfonamides is 2. The molecule has 0 aromatic heterocycles. The Hall–Kier alpha value is -2.96. The molecule has 0 unspecified atom stereocenters. The molecule has 1 saturated heterocycles. The number of anilines is 2. The Balaban J connectivity index is 1.53. The molecule has 0 bridgehead atoms. The molecular weight excluding hydrogens is 526 g/mol. The van der Waals surface area contributed by atoms with E-state index in [4.69, 9.17) is 16.3 Å². The van der Waals surface area contributed by atoms with Crippen molar-refractivity contribution in [1.29, 1.82) is 0 Å². The van der Waals surface area contributed by atoms with Crippen molar-refractivity contribution in [3.63, 3.8) is 0 Å². The molecule has 0 spiro atoms. The highest BCUT2D eigenvalue weighted by atomic mass is 35.5. The van der Waals surface area contributed by atoms with Gasteiger partial charge in [0, 0.05) is 23.8 Å². The van der Waals surface area contributed by atoms with Crippen LogP contribution in [0.4, 0.5) is 11.4 Å². The Kier molecular flexibility index (Phi) is 7.96. The number of halogens is 1. The molecule has 0 saturated carbocycles. The van der Waals surface area contributed by atoms with Crippen molar-refractivity contribution < 1.29 is 26.4 Å². The van der Waals surface area contributed by atoms with Gasteiger partial charge in [-0.3, -0.25) is 9.10 Å². The fourth-order valence-electron chi connectivity index (χ4n) is 3.62. The lowest BCUT2D eigenvalue weighted by Crippen LogP contribution is -2.40. The summed E-state index contributed by atoms with van der Waals surface area (Å²) in [6.45, 7) is 0.716. The van der Waals surface area contributed by atoms with E-state index < -0.39 is 32.5 Å². The topological polar surface area (TPSA) is 113 Å². The third-order valence-electron chi connectivity index (χ3n) is 5.48. The van der Waals surface area contributed by atoms with Gasteiger partial charge < -0.3 is 10.1 Å². The van der Waals surface area contributed by atoms with E-state index in [1.165, 1.54) is 65.0 Å². The number of hydrogen-bond acceptors (Lipinski definition) is 6. The number of nitrogens with zero attached hydrogens (tertiary/aromatic N) is 2. The Bertz CT molecular complexity index is 1410. The molecule has 1 aliphatic heterocycles. The fraction of sp³-hybridized carbons (Fsp3) is 0.208. The van der Waals surface area contributed by atoms with Crippen molar-refractivity contribution in [2.45, 2.75) is 9.79 Å². The molecule has 0 atom stereocenters. The van der Waals surface area contributed by atoms with Crippen molar-refractivity contribution in [2.75, 3.05) is 42.5 Å². The molecule has 12 heteroatoms. The largest absolute Gasteiger partial charge is 0.379 e. The summed E-state index contributed by atoms with van der Waals surface area (Å²) < 4.78 is 59.8. The van der Waals surface area contributed by atoms with Crippen LogP contribution in [0, 0.1) is 0 Å². The van der Waals surface area contributed by atoms with Crippen molar-refractivity contribution >= 4 is 48.9 Å². The normalized spacial score (nSPS) is 14.8. The van der Waals surface area contributed by atoms with Gasteiger partial charge in [-0.05, 0) is 60.7 Å². The average Bonchev–Trinajstić information content (AvgIpc) is 2.89. The lowest BCUT2D eigenvalue weighted by Gasteiger charge is -2.26. The predicted octanol–water partition coefficient (Wildman–Crippen LogP) is 3.19. The maximum absolute atomic E-state index is 13.3. The van der Waals surface area contributed by atoms with E-state index in [9.17, 15) is 21.6 Å². The predicted molar refractivity (Wildman–Crippen MR) is 137 cm³/mol. The second kappa shape index (κ2) is 11.0. The first-order valence-corrected chi connectivity index (χ1v) is 14.2. The zero-order chi connectivity index (χ0) is 25.8. The van der Waals surface area contributed by atoms with Crippen LogP contribution in [0.25, 0.3) is 0 Å². The van der Waals surface area contributed by atoms with Crippen LogP contribution in [-0.4, -0.2) is 59.9 Å². The number of carbonyl (C=O) groups is 1. The summed E-state index contributed by atoms with van der Waals surface area (Å²) in [5.41, 5.74) is 0.597. The number of carbonyl (C=O) groups excluding carboxylic acids is 1. The number of hydrogen-bond donors (Lipinski definition) is 1. The van der Waals surface area contributed by atoms with E-state index in [2.05, 4.69) is 5.32 Å². The lowest BCUT2D eigenvalue weighted by molar-refractivity contribution is -0.114. The molecule has 0 radical (unpaired) electrons. The summed E-state index contributed by atoms with van der Waals surface area (Å²) in [5.74, 6) is -0.603. The van der Waals surface area contributed by atoms with E-state index in [0.29, 0.717) is 23.9 Å². The third-order valence-corrected chi connectivity index (χ3v) is 9.43. The monoisotopic (exact) mass is 549 g/mol. The summed E-state index contributed by atoms with van der Waals surface area (Å²) in [5, 5.41) is 3.06. The maximum Gasteiger partial charge on any atom is 0.264 e. The quantitative estimate of drug-likeness (QED) is 0.462. The number of nitrogens with one attached hydrogen (secondary N) is 1. The van der Waals surface area contributed by atoms with E-state index in [0.717, 1.165) is 4.31 Å². The third kappa shape index (κ3) is 5.88. The number of benzene rings is 3. The van der Waals surface area contributed by atoms with Crippen LogP contribution in [-0.2, 0) is 29.6 Å². The van der Waals surface area contributed by atoms with Gasteiger partial charge in [0.1, 0.15) is 6.54 Å². The molecule has 9 nitrogen and oxygen atoms in total. The van der Waals surface area contributed by atoms with Crippen LogP contribution in [0.1, 0.15) is 0 Å². The van der Waals surface area contributed by atoms with Gasteiger partial charge in [0.05, 0.1) is 28.7 Å². The molecule has 190 valence electrons. The van der Waals surface area contributed by atoms with Gasteiger partial charge in [0.15, 0.2) is 0 Å². The summed E-state index contributed by atoms with van der Waals surface area (Å²) in [7, 11) is -7.73. The zero-order valence-corrected chi connectivity index (χ0v) is 21.5. The Labute approximate surface area is 215 Å². The number of morpholine rings is 1. The molecule has 36 heavy (non-hydrogen) atoms. The highest BCUT2D eigenvalue weighted by Gasteiger charge is 2.28. The Morgan fingerprint density at radius 3 is 2.08 bits per heavy atom. The van der Waals surface area contributed by atoms with Crippen LogP contribution in [0.15, 0.2) is 88.7 Å². The van der Waals surface area contributed by atoms with Gasteiger partial charge in [0.25, 0.3) is 10.0 Å². The van der Waals surface area contributed by atoms with Crippen LogP contribution in [0.2, 0.25) is 5.02 Å². The molecule has 4 rings (SSSR count). The first-order valence-electron chi connectivity index (χ1n) is 11.0. The number of rotatable bonds is 8. The van der Waals surface area contributed by atoms with Crippen LogP contribution < -0.4 is 9.62 Å². The van der Waals surface area contributed by atoms with Crippen molar-refractivity contribution in [3.05, 3.63) is 83.9 Å². The first kappa shape index (κ1) is 26.1. The summed E-state index contributed by atoms with van der Waals surface area (Å²) >= 11 is 5.96. The number of ether oxygens (including phenoxy) is 1. The van der Waals surface area contributed by atoms with Gasteiger partial charge in [-0.2, -0.15) is 4.31 Å². The van der Waals surface area contributed by atoms with Gasteiger partial charge in [-0.15, -0.1) is 0 Å². The Morgan fingerprint density at radius 1 is 0.861 bits per heavy atom. The lowest BCUT2D eigenvalue weighted by atomic mass is 10.3. The second-order valence-corrected chi connectivity index (χ2v) is 12.1. The zero-order valence-electron chi connectivity index (χ0n) is 19.1. The molecule has 0 aliphatic carbocycles. The van der Waals surface area contributed by atoms with Crippen molar-refractivity contribution in [1.82, 2.24) is 4.31 Å². The molecule has 1 N–H and O–H groups in total. The van der Waals surface area contributed by atoms with Crippen LogP contribution in [0.5, 0.6) is 0 Å². The van der Waals surface area contributed by atoms with Gasteiger partial charge >= 0.3 is 0 Å². The minimum absolute atomic E-state index is 0.0328. The standard InChI is InChI=1S/C24H24ClN3O6S2/c25-19-6-10-21(11-7-19)28(36(32,33)22-4-2-1-3-5-22)18-24(29)26-20-8-12-23(13-9-20)35(30,31)27-14-16-34-17-15-27/h1-13H,14-18H2,(H,26,29). The summed E-state index contributed by atoms with van der Waals surface area (Å²) in [4.78, 5) is 13.0. The van der Waals surface area contributed by atoms with Crippen molar-refractivity contribution in [3.8, 4) is 0 Å².